The molecule has 0 aliphatic carbocycles. The number of piperidine rings is 1. The number of halogens is 1. The van der Waals surface area contributed by atoms with Gasteiger partial charge in [0.25, 0.3) is 0 Å². The second-order valence-electron chi connectivity index (χ2n) is 12.1. The van der Waals surface area contributed by atoms with Crippen LogP contribution in [0.5, 0.6) is 11.6 Å². The highest BCUT2D eigenvalue weighted by atomic mass is 19.1. The number of carboxylic acid groups (broad SMARTS) is 1. The molecule has 2 aromatic carbocycles. The normalized spacial score (nSPS) is 19.4. The lowest BCUT2D eigenvalue weighted by Crippen LogP contribution is -2.36. The summed E-state index contributed by atoms with van der Waals surface area (Å²) in [4.78, 5) is 17.8. The number of hydrogen-bond donors (Lipinski definition) is 1. The fraction of sp³-hybridized carbons (Fsp3) is 0.455. The van der Waals surface area contributed by atoms with Crippen LogP contribution >= 0.6 is 0 Å². The lowest BCUT2D eigenvalue weighted by atomic mass is 9.82. The number of rotatable bonds is 8. The molecule has 1 saturated heterocycles. The van der Waals surface area contributed by atoms with Gasteiger partial charge in [0.1, 0.15) is 17.7 Å². The van der Waals surface area contributed by atoms with E-state index in [1.807, 2.05) is 24.3 Å². The van der Waals surface area contributed by atoms with Crippen molar-refractivity contribution in [2.24, 2.45) is 11.3 Å². The maximum absolute atomic E-state index is 15.1. The van der Waals surface area contributed by atoms with Gasteiger partial charge in [-0.1, -0.05) is 51.1 Å². The van der Waals surface area contributed by atoms with E-state index in [1.165, 1.54) is 13.3 Å². The number of ether oxygens (including phenoxy) is 2. The van der Waals surface area contributed by atoms with Crippen LogP contribution in [-0.2, 0) is 24.2 Å². The maximum Gasteiger partial charge on any atom is 0.306 e. The second-order valence-corrected chi connectivity index (χ2v) is 12.1. The van der Waals surface area contributed by atoms with Gasteiger partial charge in [-0.2, -0.15) is 0 Å². The molecule has 0 saturated carbocycles. The third-order valence-corrected chi connectivity index (χ3v) is 8.47. The van der Waals surface area contributed by atoms with Gasteiger partial charge in [-0.15, -0.1) is 0 Å². The Labute approximate surface area is 236 Å². The highest BCUT2D eigenvalue weighted by molar-refractivity contribution is 5.70. The van der Waals surface area contributed by atoms with E-state index in [2.05, 4.69) is 35.9 Å². The summed E-state index contributed by atoms with van der Waals surface area (Å²) in [7, 11) is 1.54. The van der Waals surface area contributed by atoms with E-state index < -0.39 is 11.9 Å². The smallest absolute Gasteiger partial charge is 0.306 e. The molecule has 0 bridgehead atoms. The Morgan fingerprint density at radius 2 is 1.95 bits per heavy atom. The molecule has 1 N–H and O–H groups in total. The third-order valence-electron chi connectivity index (χ3n) is 8.47. The second kappa shape index (κ2) is 11.6. The van der Waals surface area contributed by atoms with E-state index in [4.69, 9.17) is 9.47 Å². The number of methoxy groups -OCH3 is 1. The molecule has 1 fully saturated rings. The Bertz CT molecular complexity index is 1380. The molecule has 2 unspecified atom stereocenters. The van der Waals surface area contributed by atoms with Crippen LogP contribution in [0.1, 0.15) is 68.4 Å². The first-order valence-electron chi connectivity index (χ1n) is 14.2. The van der Waals surface area contributed by atoms with Gasteiger partial charge in [0.15, 0.2) is 0 Å². The fourth-order valence-corrected chi connectivity index (χ4v) is 5.72. The zero-order chi connectivity index (χ0) is 28.4. The van der Waals surface area contributed by atoms with Crippen molar-refractivity contribution in [3.05, 3.63) is 76.7 Å². The number of benzene rings is 2. The van der Waals surface area contributed by atoms with E-state index in [-0.39, 0.29) is 11.9 Å². The van der Waals surface area contributed by atoms with E-state index in [9.17, 15) is 9.90 Å². The first-order chi connectivity index (χ1) is 19.1. The number of carboxylic acids is 1. The van der Waals surface area contributed by atoms with Crippen molar-refractivity contribution in [1.82, 2.24) is 9.88 Å². The number of nitrogens with zero attached hydrogens (tertiary/aromatic N) is 2. The molecule has 2 aliphatic heterocycles. The van der Waals surface area contributed by atoms with Gasteiger partial charge in [-0.3, -0.25) is 9.69 Å². The third kappa shape index (κ3) is 6.30. The summed E-state index contributed by atoms with van der Waals surface area (Å²) in [6, 6.07) is 13.9. The molecular formula is C33H39FN2O4. The average Bonchev–Trinajstić information content (AvgIpc) is 2.94. The van der Waals surface area contributed by atoms with E-state index >= 15 is 4.39 Å². The predicted molar refractivity (Wildman–Crippen MR) is 153 cm³/mol. The van der Waals surface area contributed by atoms with Crippen molar-refractivity contribution in [3.63, 3.8) is 0 Å². The Balaban J connectivity index is 1.45. The topological polar surface area (TPSA) is 71.9 Å². The van der Waals surface area contributed by atoms with E-state index in [1.54, 1.807) is 13.0 Å². The van der Waals surface area contributed by atoms with Crippen LogP contribution in [0.15, 0.2) is 48.7 Å². The van der Waals surface area contributed by atoms with Crippen LogP contribution in [0.3, 0.4) is 0 Å². The molecular weight excluding hydrogens is 507 g/mol. The van der Waals surface area contributed by atoms with Gasteiger partial charge < -0.3 is 14.6 Å². The molecule has 5 rings (SSSR count). The van der Waals surface area contributed by atoms with Crippen molar-refractivity contribution in [2.45, 2.75) is 65.5 Å². The van der Waals surface area contributed by atoms with Crippen LogP contribution < -0.4 is 9.47 Å². The fourth-order valence-electron chi connectivity index (χ4n) is 5.72. The minimum absolute atomic E-state index is 0.135. The summed E-state index contributed by atoms with van der Waals surface area (Å²) < 4.78 is 26.9. The number of pyridine rings is 1. The molecule has 7 heteroatoms. The number of aliphatic carboxylic acids is 1. The zero-order valence-corrected chi connectivity index (χ0v) is 23.9. The SMILES string of the molecule is COc1cc(-c2ccc(C3CCc4ccc(CC(C)C(=O)O)cc4O3)cc2CN2CCC(C)(C)CC2)c(F)cn1. The number of hydrogen-bond acceptors (Lipinski definition) is 5. The van der Waals surface area contributed by atoms with Gasteiger partial charge in [0.05, 0.1) is 19.2 Å². The maximum atomic E-state index is 15.1. The number of carbonyl (C=O) groups is 1. The van der Waals surface area contributed by atoms with Crippen molar-refractivity contribution >= 4 is 5.97 Å². The van der Waals surface area contributed by atoms with Gasteiger partial charge in [0.2, 0.25) is 5.88 Å². The van der Waals surface area contributed by atoms with Crippen LogP contribution in [-0.4, -0.2) is 41.2 Å². The summed E-state index contributed by atoms with van der Waals surface area (Å²) in [6.07, 6.45) is 5.53. The molecule has 3 aromatic rings. The summed E-state index contributed by atoms with van der Waals surface area (Å²) >= 11 is 0. The molecule has 6 nitrogen and oxygen atoms in total. The molecule has 2 aliphatic rings. The predicted octanol–water partition coefficient (Wildman–Crippen LogP) is 6.85. The number of fused-ring (bicyclic) bond motifs is 1. The molecule has 0 amide bonds. The van der Waals surface area contributed by atoms with Crippen molar-refractivity contribution in [1.29, 1.82) is 0 Å². The molecule has 40 heavy (non-hydrogen) atoms. The van der Waals surface area contributed by atoms with Crippen LogP contribution in [0, 0.1) is 17.2 Å². The molecule has 1 aromatic heterocycles. The lowest BCUT2D eigenvalue weighted by Gasteiger charge is -2.37. The summed E-state index contributed by atoms with van der Waals surface area (Å²) in [6.45, 7) is 9.10. The highest BCUT2D eigenvalue weighted by Crippen LogP contribution is 2.39. The molecule has 212 valence electrons. The molecule has 3 heterocycles. The van der Waals surface area contributed by atoms with Crippen LogP contribution in [0.2, 0.25) is 0 Å². The van der Waals surface area contributed by atoms with Gasteiger partial charge >= 0.3 is 5.97 Å². The van der Waals surface area contributed by atoms with Gasteiger partial charge in [-0.25, -0.2) is 9.37 Å². The minimum Gasteiger partial charge on any atom is -0.485 e. The van der Waals surface area contributed by atoms with Crippen LogP contribution in [0.4, 0.5) is 4.39 Å². The summed E-state index contributed by atoms with van der Waals surface area (Å²) in [5.41, 5.74) is 5.89. The quantitative estimate of drug-likeness (QED) is 0.333. The molecule has 2 atom stereocenters. The Kier molecular flexibility index (Phi) is 8.13. The molecule has 0 radical (unpaired) electrons. The number of aromatic nitrogens is 1. The summed E-state index contributed by atoms with van der Waals surface area (Å²) in [5, 5.41) is 9.32. The number of likely N-dealkylation sites (tertiary alicyclic amines) is 1. The van der Waals surface area contributed by atoms with Crippen molar-refractivity contribution in [2.75, 3.05) is 20.2 Å². The Hall–Kier alpha value is -3.45. The first-order valence-corrected chi connectivity index (χ1v) is 14.2. The number of aryl methyl sites for hydroxylation is 1. The molecule has 0 spiro atoms. The zero-order valence-electron chi connectivity index (χ0n) is 23.9. The first kappa shape index (κ1) is 28.1. The average molecular weight is 547 g/mol. The lowest BCUT2D eigenvalue weighted by molar-refractivity contribution is -0.141. The van der Waals surface area contributed by atoms with Gasteiger partial charge in [0, 0.05) is 18.2 Å². The van der Waals surface area contributed by atoms with Crippen molar-refractivity contribution < 1.29 is 23.8 Å². The van der Waals surface area contributed by atoms with Crippen molar-refractivity contribution in [3.8, 4) is 22.8 Å². The monoisotopic (exact) mass is 546 g/mol. The van der Waals surface area contributed by atoms with E-state index in [0.29, 0.717) is 23.3 Å². The largest absolute Gasteiger partial charge is 0.485 e. The Morgan fingerprint density at radius 1 is 1.18 bits per heavy atom. The Morgan fingerprint density at radius 3 is 2.67 bits per heavy atom. The van der Waals surface area contributed by atoms with E-state index in [0.717, 1.165) is 78.9 Å². The summed E-state index contributed by atoms with van der Waals surface area (Å²) in [5.74, 6) is -0.433. The minimum atomic E-state index is -0.801. The standard InChI is InChI=1S/C33H39FN2O4/c1-21(32(37)38)15-22-5-6-23-8-10-29(40-30(23)16-22)24-7-9-26(27-18-31(39-4)35-19-28(27)34)25(17-24)20-36-13-11-33(2,3)12-14-36/h5-7,9,16-19,21,29H,8,10-15,20H2,1-4H3,(H,37,38). The highest BCUT2D eigenvalue weighted by Gasteiger charge is 2.27. The van der Waals surface area contributed by atoms with Crippen LogP contribution in [0.25, 0.3) is 11.1 Å². The van der Waals surface area contributed by atoms with Gasteiger partial charge in [-0.05, 0) is 84.5 Å².